The fourth-order valence-corrected chi connectivity index (χ4v) is 1.64. The number of aliphatic hydroxyl groups excluding tert-OH is 1. The second kappa shape index (κ2) is 5.97. The van der Waals surface area contributed by atoms with E-state index < -0.39 is 16.6 Å². The quantitative estimate of drug-likeness (QED) is 0.582. The summed E-state index contributed by atoms with van der Waals surface area (Å²) >= 11 is 0. The predicted octanol–water partition coefficient (Wildman–Crippen LogP) is 1.11. The number of carbonyl (C=O) groups is 1. The topological polar surface area (TPSA) is 104 Å². The molecule has 0 atom stereocenters. The summed E-state index contributed by atoms with van der Waals surface area (Å²) in [4.78, 5) is 22.7. The van der Waals surface area contributed by atoms with Crippen LogP contribution in [0.2, 0.25) is 0 Å². The Morgan fingerprint density at radius 3 is 2.61 bits per heavy atom. The van der Waals surface area contributed by atoms with Crippen LogP contribution in [-0.4, -0.2) is 40.8 Å². The fraction of sp³-hybridized carbons (Fsp3) is 0.364. The van der Waals surface area contributed by atoms with Crippen molar-refractivity contribution in [3.63, 3.8) is 0 Å². The second-order valence-electron chi connectivity index (χ2n) is 3.57. The molecule has 2 N–H and O–H groups in total. The number of rotatable bonds is 6. The van der Waals surface area contributed by atoms with Crippen molar-refractivity contribution in [2.75, 3.05) is 24.6 Å². The van der Waals surface area contributed by atoms with Crippen LogP contribution in [0.5, 0.6) is 0 Å². The van der Waals surface area contributed by atoms with Crippen molar-refractivity contribution in [2.24, 2.45) is 0 Å². The lowest BCUT2D eigenvalue weighted by Crippen LogP contribution is -2.26. The molecule has 0 fully saturated rings. The Balaban J connectivity index is 3.21. The maximum Gasteiger partial charge on any atom is 0.342 e. The highest BCUT2D eigenvalue weighted by atomic mass is 16.6. The maximum atomic E-state index is 11.0. The van der Waals surface area contributed by atoms with E-state index in [1.807, 2.05) is 6.92 Å². The molecule has 7 nitrogen and oxygen atoms in total. The first kappa shape index (κ1) is 13.9. The molecule has 0 aromatic heterocycles. The number of aliphatic hydroxyl groups is 1. The monoisotopic (exact) mass is 254 g/mol. The van der Waals surface area contributed by atoms with Gasteiger partial charge >= 0.3 is 5.97 Å². The van der Waals surface area contributed by atoms with Crippen LogP contribution in [0.3, 0.4) is 0 Å². The van der Waals surface area contributed by atoms with Crippen molar-refractivity contribution in [1.29, 1.82) is 0 Å². The van der Waals surface area contributed by atoms with Crippen LogP contribution >= 0.6 is 0 Å². The minimum atomic E-state index is -1.34. The van der Waals surface area contributed by atoms with E-state index in [1.165, 1.54) is 18.2 Å². The summed E-state index contributed by atoms with van der Waals surface area (Å²) in [6.07, 6.45) is 0. The first-order valence-electron chi connectivity index (χ1n) is 5.38. The van der Waals surface area contributed by atoms with Crippen molar-refractivity contribution in [3.8, 4) is 0 Å². The third-order valence-electron chi connectivity index (χ3n) is 2.52. The van der Waals surface area contributed by atoms with Crippen molar-refractivity contribution in [1.82, 2.24) is 0 Å². The Kier molecular flexibility index (Phi) is 4.61. The molecule has 0 radical (unpaired) electrons. The van der Waals surface area contributed by atoms with Gasteiger partial charge in [0.25, 0.3) is 5.69 Å². The molecule has 98 valence electrons. The van der Waals surface area contributed by atoms with Gasteiger partial charge in [0.05, 0.1) is 11.5 Å². The molecule has 0 aliphatic rings. The standard InChI is InChI=1S/C11H14N2O5/c1-2-12(5-6-14)8-3-4-10(13(17)18)9(7-8)11(15)16/h3-4,7,14H,2,5-6H2,1H3,(H,15,16). The molecule has 0 spiro atoms. The molecular formula is C11H14N2O5. The maximum absolute atomic E-state index is 11.0. The number of nitro groups is 1. The van der Waals surface area contributed by atoms with E-state index >= 15 is 0 Å². The normalized spacial score (nSPS) is 10.1. The summed E-state index contributed by atoms with van der Waals surface area (Å²) in [7, 11) is 0. The Morgan fingerprint density at radius 2 is 2.17 bits per heavy atom. The number of anilines is 1. The number of likely N-dealkylation sites (N-methyl/N-ethyl adjacent to an activating group) is 1. The third-order valence-corrected chi connectivity index (χ3v) is 2.52. The average molecular weight is 254 g/mol. The van der Waals surface area contributed by atoms with Crippen LogP contribution in [0.15, 0.2) is 18.2 Å². The van der Waals surface area contributed by atoms with E-state index in [0.717, 1.165) is 0 Å². The number of aromatic carboxylic acids is 1. The van der Waals surface area contributed by atoms with E-state index in [9.17, 15) is 14.9 Å². The molecule has 0 unspecified atom stereocenters. The first-order chi connectivity index (χ1) is 8.51. The molecule has 18 heavy (non-hydrogen) atoms. The van der Waals surface area contributed by atoms with Gasteiger partial charge in [0, 0.05) is 24.8 Å². The predicted molar refractivity (Wildman–Crippen MR) is 65.0 cm³/mol. The molecule has 0 amide bonds. The number of benzene rings is 1. The van der Waals surface area contributed by atoms with Crippen LogP contribution in [0, 0.1) is 10.1 Å². The van der Waals surface area contributed by atoms with E-state index in [1.54, 1.807) is 4.90 Å². The summed E-state index contributed by atoms with van der Waals surface area (Å²) in [6, 6.07) is 3.89. The van der Waals surface area contributed by atoms with Gasteiger partial charge < -0.3 is 15.1 Å². The summed E-state index contributed by atoms with van der Waals surface area (Å²) in [5, 5.41) is 28.5. The van der Waals surface area contributed by atoms with Gasteiger partial charge in [-0.15, -0.1) is 0 Å². The molecule has 0 saturated carbocycles. The number of carboxylic acid groups (broad SMARTS) is 1. The van der Waals surface area contributed by atoms with Gasteiger partial charge in [-0.25, -0.2) is 4.79 Å². The first-order valence-corrected chi connectivity index (χ1v) is 5.38. The lowest BCUT2D eigenvalue weighted by molar-refractivity contribution is -0.385. The highest BCUT2D eigenvalue weighted by Crippen LogP contribution is 2.25. The molecule has 1 aromatic carbocycles. The number of hydrogen-bond acceptors (Lipinski definition) is 5. The van der Waals surface area contributed by atoms with Crippen molar-refractivity contribution in [2.45, 2.75) is 6.92 Å². The molecule has 0 heterocycles. The number of carboxylic acids is 1. The Bertz CT molecular complexity index is 461. The minimum absolute atomic E-state index is 0.0762. The molecule has 0 bridgehead atoms. The van der Waals surface area contributed by atoms with E-state index in [-0.39, 0.29) is 12.2 Å². The molecular weight excluding hydrogens is 240 g/mol. The van der Waals surface area contributed by atoms with Crippen LogP contribution < -0.4 is 4.90 Å². The van der Waals surface area contributed by atoms with Gasteiger partial charge in [0.1, 0.15) is 5.56 Å². The van der Waals surface area contributed by atoms with Gasteiger partial charge in [-0.05, 0) is 19.1 Å². The van der Waals surface area contributed by atoms with Crippen molar-refractivity contribution < 1.29 is 19.9 Å². The van der Waals surface area contributed by atoms with E-state index in [2.05, 4.69) is 0 Å². The number of nitro benzene ring substituents is 1. The molecule has 0 aliphatic carbocycles. The van der Waals surface area contributed by atoms with Crippen molar-refractivity contribution in [3.05, 3.63) is 33.9 Å². The Morgan fingerprint density at radius 1 is 1.50 bits per heavy atom. The smallest absolute Gasteiger partial charge is 0.342 e. The minimum Gasteiger partial charge on any atom is -0.477 e. The largest absolute Gasteiger partial charge is 0.477 e. The lowest BCUT2D eigenvalue weighted by atomic mass is 10.1. The van der Waals surface area contributed by atoms with Crippen LogP contribution in [0.25, 0.3) is 0 Å². The highest BCUT2D eigenvalue weighted by molar-refractivity contribution is 5.93. The van der Waals surface area contributed by atoms with Crippen LogP contribution in [0.4, 0.5) is 11.4 Å². The third kappa shape index (κ3) is 2.95. The summed E-state index contributed by atoms with van der Waals surface area (Å²) in [5.74, 6) is -1.34. The lowest BCUT2D eigenvalue weighted by Gasteiger charge is -2.22. The zero-order valence-corrected chi connectivity index (χ0v) is 9.87. The summed E-state index contributed by atoms with van der Waals surface area (Å²) in [6.45, 7) is 2.68. The van der Waals surface area contributed by atoms with E-state index in [0.29, 0.717) is 18.8 Å². The fourth-order valence-electron chi connectivity index (χ4n) is 1.64. The van der Waals surface area contributed by atoms with E-state index in [4.69, 9.17) is 10.2 Å². The molecule has 0 saturated heterocycles. The van der Waals surface area contributed by atoms with Gasteiger partial charge in [0.15, 0.2) is 0 Å². The van der Waals surface area contributed by atoms with Gasteiger partial charge in [-0.3, -0.25) is 10.1 Å². The molecule has 7 heteroatoms. The zero-order chi connectivity index (χ0) is 13.7. The molecule has 1 rings (SSSR count). The van der Waals surface area contributed by atoms with Crippen molar-refractivity contribution >= 4 is 17.3 Å². The van der Waals surface area contributed by atoms with Gasteiger partial charge in [-0.1, -0.05) is 0 Å². The van der Waals surface area contributed by atoms with Crippen LogP contribution in [0.1, 0.15) is 17.3 Å². The van der Waals surface area contributed by atoms with Crippen LogP contribution in [-0.2, 0) is 0 Å². The zero-order valence-electron chi connectivity index (χ0n) is 9.87. The summed E-state index contributed by atoms with van der Waals surface area (Å²) < 4.78 is 0. The second-order valence-corrected chi connectivity index (χ2v) is 3.57. The Hall–Kier alpha value is -2.15. The number of hydrogen-bond donors (Lipinski definition) is 2. The SMILES string of the molecule is CCN(CCO)c1ccc([N+](=O)[O-])c(C(=O)O)c1. The highest BCUT2D eigenvalue weighted by Gasteiger charge is 2.21. The average Bonchev–Trinajstić information content (AvgIpc) is 2.35. The summed E-state index contributed by atoms with van der Waals surface area (Å²) in [5.41, 5.74) is -0.255. The van der Waals surface area contributed by atoms with Gasteiger partial charge in [-0.2, -0.15) is 0 Å². The molecule has 1 aromatic rings. The number of nitrogens with zero attached hydrogens (tertiary/aromatic N) is 2. The van der Waals surface area contributed by atoms with Gasteiger partial charge in [0.2, 0.25) is 0 Å². The molecule has 0 aliphatic heterocycles. The Labute approximate surface area is 103 Å².